The quantitative estimate of drug-likeness (QED) is 0.601. The minimum absolute atomic E-state index is 0.182. The van der Waals surface area contributed by atoms with Crippen molar-refractivity contribution in [2.45, 2.75) is 53.2 Å². The number of rotatable bonds is 5. The molecule has 0 aliphatic heterocycles. The van der Waals surface area contributed by atoms with E-state index in [1.54, 1.807) is 6.92 Å². The summed E-state index contributed by atoms with van der Waals surface area (Å²) >= 11 is 1.49. The van der Waals surface area contributed by atoms with Gasteiger partial charge in [-0.2, -0.15) is 0 Å². The number of aromatic nitrogens is 2. The van der Waals surface area contributed by atoms with Crippen LogP contribution in [0, 0.1) is 13.8 Å². The van der Waals surface area contributed by atoms with E-state index < -0.39 is 12.0 Å². The van der Waals surface area contributed by atoms with E-state index in [1.165, 1.54) is 22.2 Å². The normalized spacial score (nSPS) is 13.5. The standard InChI is InChI=1S/C21H24N2O3S/c1-6-13(3)26-21(25)14(4)23-11-22-19-18(20(23)24)17(15(5)27-19)16-9-7-12(2)8-10-16/h7-11,13-14H,6H2,1-5H3/t13-,14-/m0/s1. The number of benzene rings is 1. The lowest BCUT2D eigenvalue weighted by Crippen LogP contribution is -2.31. The Balaban J connectivity index is 2.11. The van der Waals surface area contributed by atoms with Crippen molar-refractivity contribution in [1.82, 2.24) is 9.55 Å². The fraction of sp³-hybridized carbons (Fsp3) is 0.381. The van der Waals surface area contributed by atoms with Gasteiger partial charge >= 0.3 is 5.97 Å². The van der Waals surface area contributed by atoms with Gasteiger partial charge in [-0.25, -0.2) is 9.78 Å². The van der Waals surface area contributed by atoms with E-state index in [0.717, 1.165) is 28.0 Å². The number of esters is 1. The molecule has 0 aliphatic carbocycles. The number of carbonyl (C=O) groups excluding carboxylic acids is 1. The van der Waals surface area contributed by atoms with Crippen LogP contribution in [0.25, 0.3) is 21.3 Å². The summed E-state index contributed by atoms with van der Waals surface area (Å²) in [6.07, 6.45) is 1.99. The highest BCUT2D eigenvalue weighted by Crippen LogP contribution is 2.35. The number of nitrogens with zero attached hydrogens (tertiary/aromatic N) is 2. The van der Waals surface area contributed by atoms with Crippen molar-refractivity contribution < 1.29 is 9.53 Å². The summed E-state index contributed by atoms with van der Waals surface area (Å²) in [5.74, 6) is -0.420. The number of carbonyl (C=O) groups is 1. The monoisotopic (exact) mass is 384 g/mol. The molecule has 6 heteroatoms. The third kappa shape index (κ3) is 3.67. The highest BCUT2D eigenvalue weighted by Gasteiger charge is 2.23. The number of ether oxygens (including phenoxy) is 1. The van der Waals surface area contributed by atoms with Crippen molar-refractivity contribution in [3.63, 3.8) is 0 Å². The van der Waals surface area contributed by atoms with Crippen molar-refractivity contribution in [2.75, 3.05) is 0 Å². The number of fused-ring (bicyclic) bond motifs is 1. The van der Waals surface area contributed by atoms with E-state index in [1.807, 2.05) is 52.0 Å². The molecule has 0 bridgehead atoms. The molecule has 3 aromatic rings. The average molecular weight is 385 g/mol. The van der Waals surface area contributed by atoms with E-state index in [-0.39, 0.29) is 11.7 Å². The second kappa shape index (κ2) is 7.64. The Morgan fingerprint density at radius 3 is 2.52 bits per heavy atom. The van der Waals surface area contributed by atoms with Crippen LogP contribution < -0.4 is 5.56 Å². The van der Waals surface area contributed by atoms with Crippen LogP contribution in [-0.4, -0.2) is 21.6 Å². The summed E-state index contributed by atoms with van der Waals surface area (Å²) < 4.78 is 6.76. The van der Waals surface area contributed by atoms with Gasteiger partial charge in [-0.3, -0.25) is 9.36 Å². The minimum atomic E-state index is -0.727. The first kappa shape index (κ1) is 19.3. The van der Waals surface area contributed by atoms with E-state index >= 15 is 0 Å². The second-order valence-corrected chi connectivity index (χ2v) is 8.07. The summed E-state index contributed by atoms with van der Waals surface area (Å²) in [7, 11) is 0. The van der Waals surface area contributed by atoms with Gasteiger partial charge in [-0.1, -0.05) is 36.8 Å². The number of hydrogen-bond donors (Lipinski definition) is 0. The molecule has 5 nitrogen and oxygen atoms in total. The SMILES string of the molecule is CC[C@H](C)OC(=O)[C@H](C)n1cnc2sc(C)c(-c3ccc(C)cc3)c2c1=O. The van der Waals surface area contributed by atoms with Gasteiger partial charge in [0.2, 0.25) is 0 Å². The molecule has 2 atom stereocenters. The molecular formula is C21H24N2O3S. The molecule has 2 aromatic heterocycles. The van der Waals surface area contributed by atoms with Crippen molar-refractivity contribution in [1.29, 1.82) is 0 Å². The van der Waals surface area contributed by atoms with Crippen molar-refractivity contribution in [2.24, 2.45) is 0 Å². The molecule has 0 aliphatic rings. The number of aryl methyl sites for hydroxylation is 2. The second-order valence-electron chi connectivity index (χ2n) is 6.87. The van der Waals surface area contributed by atoms with Crippen LogP contribution in [-0.2, 0) is 9.53 Å². The molecule has 0 radical (unpaired) electrons. The fourth-order valence-corrected chi connectivity index (χ4v) is 3.96. The summed E-state index contributed by atoms with van der Waals surface area (Å²) in [5, 5.41) is 0.562. The average Bonchev–Trinajstić information content (AvgIpc) is 2.99. The fourth-order valence-electron chi connectivity index (χ4n) is 2.95. The van der Waals surface area contributed by atoms with Crippen LogP contribution in [0.4, 0.5) is 0 Å². The molecule has 0 amide bonds. The Labute approximate surface area is 162 Å². The zero-order chi connectivity index (χ0) is 19.7. The Morgan fingerprint density at radius 1 is 1.22 bits per heavy atom. The molecule has 0 N–H and O–H groups in total. The van der Waals surface area contributed by atoms with E-state index in [2.05, 4.69) is 4.98 Å². The lowest BCUT2D eigenvalue weighted by Gasteiger charge is -2.17. The van der Waals surface area contributed by atoms with Crippen molar-refractivity contribution >= 4 is 27.5 Å². The predicted octanol–water partition coefficient (Wildman–Crippen LogP) is 4.64. The van der Waals surface area contributed by atoms with Crippen LogP contribution in [0.5, 0.6) is 0 Å². The largest absolute Gasteiger partial charge is 0.461 e. The Morgan fingerprint density at radius 2 is 1.89 bits per heavy atom. The number of hydrogen-bond acceptors (Lipinski definition) is 5. The molecule has 2 heterocycles. The van der Waals surface area contributed by atoms with Gasteiger partial charge in [0.05, 0.1) is 17.8 Å². The molecule has 0 saturated carbocycles. The lowest BCUT2D eigenvalue weighted by molar-refractivity contribution is -0.152. The van der Waals surface area contributed by atoms with Crippen LogP contribution >= 0.6 is 11.3 Å². The maximum atomic E-state index is 13.2. The predicted molar refractivity (Wildman–Crippen MR) is 109 cm³/mol. The minimum Gasteiger partial charge on any atom is -0.461 e. The van der Waals surface area contributed by atoms with Crippen LogP contribution in [0.2, 0.25) is 0 Å². The number of thiophene rings is 1. The highest BCUT2D eigenvalue weighted by molar-refractivity contribution is 7.19. The molecule has 0 spiro atoms. The molecule has 1 aromatic carbocycles. The maximum Gasteiger partial charge on any atom is 0.329 e. The first-order chi connectivity index (χ1) is 12.8. The first-order valence-electron chi connectivity index (χ1n) is 9.11. The van der Waals surface area contributed by atoms with Gasteiger partial charge < -0.3 is 4.74 Å². The Hall–Kier alpha value is -2.47. The first-order valence-corrected chi connectivity index (χ1v) is 9.92. The summed E-state index contributed by atoms with van der Waals surface area (Å²) in [6, 6.07) is 7.36. The summed E-state index contributed by atoms with van der Waals surface area (Å²) in [4.78, 5) is 31.8. The molecule has 27 heavy (non-hydrogen) atoms. The maximum absolute atomic E-state index is 13.2. The van der Waals surface area contributed by atoms with E-state index in [0.29, 0.717) is 10.2 Å². The molecule has 3 rings (SSSR count). The van der Waals surface area contributed by atoms with Crippen LogP contribution in [0.3, 0.4) is 0 Å². The van der Waals surface area contributed by atoms with Gasteiger partial charge in [-0.15, -0.1) is 11.3 Å². The Kier molecular flexibility index (Phi) is 5.46. The van der Waals surface area contributed by atoms with E-state index in [9.17, 15) is 9.59 Å². The van der Waals surface area contributed by atoms with Gasteiger partial charge in [0.15, 0.2) is 0 Å². The molecule has 0 saturated heterocycles. The van der Waals surface area contributed by atoms with Crippen LogP contribution in [0.15, 0.2) is 35.4 Å². The lowest BCUT2D eigenvalue weighted by atomic mass is 10.0. The van der Waals surface area contributed by atoms with Gasteiger partial charge in [0, 0.05) is 10.4 Å². The van der Waals surface area contributed by atoms with E-state index in [4.69, 9.17) is 4.74 Å². The van der Waals surface area contributed by atoms with Gasteiger partial charge in [0.25, 0.3) is 5.56 Å². The zero-order valence-electron chi connectivity index (χ0n) is 16.3. The van der Waals surface area contributed by atoms with Gasteiger partial charge in [-0.05, 0) is 39.7 Å². The molecule has 0 fully saturated rings. The smallest absolute Gasteiger partial charge is 0.329 e. The van der Waals surface area contributed by atoms with Crippen molar-refractivity contribution in [3.05, 3.63) is 51.4 Å². The molecule has 142 valence electrons. The zero-order valence-corrected chi connectivity index (χ0v) is 17.1. The summed E-state index contributed by atoms with van der Waals surface area (Å²) in [5.41, 5.74) is 2.82. The Bertz CT molecular complexity index is 1030. The topological polar surface area (TPSA) is 61.2 Å². The summed E-state index contributed by atoms with van der Waals surface area (Å²) in [6.45, 7) is 9.48. The van der Waals surface area contributed by atoms with Gasteiger partial charge in [0.1, 0.15) is 10.9 Å². The molecule has 0 unspecified atom stereocenters. The highest BCUT2D eigenvalue weighted by atomic mass is 32.1. The van der Waals surface area contributed by atoms with Crippen molar-refractivity contribution in [3.8, 4) is 11.1 Å². The third-order valence-electron chi connectivity index (χ3n) is 4.80. The molecular weight excluding hydrogens is 360 g/mol. The van der Waals surface area contributed by atoms with Crippen LogP contribution in [0.1, 0.15) is 43.7 Å². The third-order valence-corrected chi connectivity index (χ3v) is 5.82.